The highest BCUT2D eigenvalue weighted by atomic mass is 35.5. The van der Waals surface area contributed by atoms with Gasteiger partial charge in [0.15, 0.2) is 5.76 Å². The van der Waals surface area contributed by atoms with Crippen molar-refractivity contribution in [1.82, 2.24) is 0 Å². The van der Waals surface area contributed by atoms with E-state index in [9.17, 15) is 22.7 Å². The number of anilines is 1. The summed E-state index contributed by atoms with van der Waals surface area (Å²) in [6.45, 7) is 1.20. The van der Waals surface area contributed by atoms with E-state index < -0.39 is 33.3 Å². The lowest BCUT2D eigenvalue weighted by Crippen LogP contribution is -2.25. The van der Waals surface area contributed by atoms with E-state index in [1.54, 1.807) is 0 Å². The number of rotatable bonds is 3. The number of ether oxygens (including phenoxy) is 1. The van der Waals surface area contributed by atoms with Crippen LogP contribution in [0.4, 0.5) is 10.3 Å². The normalized spacial score (nSPS) is 16.2. The Kier molecular flexibility index (Phi) is 4.38. The molecule has 0 amide bonds. The zero-order valence-electron chi connectivity index (χ0n) is 13.0. The first-order valence-electron chi connectivity index (χ1n) is 7.20. The summed E-state index contributed by atoms with van der Waals surface area (Å²) >= 11 is 5.63. The number of carbonyl (C=O) groups excluding carboxylic acids is 1. The number of nitrogens with zero attached hydrogens (tertiary/aromatic N) is 1. The molecule has 1 aromatic carbocycles. The fourth-order valence-corrected chi connectivity index (χ4v) is 4.11. The minimum Gasteiger partial charge on any atom is -0.502 e. The lowest BCUT2D eigenvalue weighted by Gasteiger charge is -2.14. The summed E-state index contributed by atoms with van der Waals surface area (Å²) in [6, 6.07) is 3.65. The maximum absolute atomic E-state index is 13.7. The molecule has 25 heavy (non-hydrogen) atoms. The molecule has 1 aliphatic rings. The van der Waals surface area contributed by atoms with E-state index in [2.05, 4.69) is 0 Å². The fourth-order valence-electron chi connectivity index (χ4n) is 2.50. The average Bonchev–Trinajstić information content (AvgIpc) is 3.02. The van der Waals surface area contributed by atoms with Gasteiger partial charge in [0.2, 0.25) is 21.5 Å². The molecule has 0 bridgehead atoms. The summed E-state index contributed by atoms with van der Waals surface area (Å²) in [7, 11) is -3.66. The minimum absolute atomic E-state index is 0.0983. The first-order chi connectivity index (χ1) is 11.7. The Hall–Kier alpha value is -2.26. The van der Waals surface area contributed by atoms with E-state index in [0.717, 1.165) is 17.3 Å². The van der Waals surface area contributed by atoms with Crippen molar-refractivity contribution in [2.45, 2.75) is 13.3 Å². The predicted octanol–water partition coefficient (Wildman–Crippen LogP) is 2.91. The third kappa shape index (κ3) is 3.16. The molecule has 1 aliphatic heterocycles. The summed E-state index contributed by atoms with van der Waals surface area (Å²) in [4.78, 5) is 11.3. The van der Waals surface area contributed by atoms with Crippen molar-refractivity contribution in [3.8, 4) is 22.8 Å². The molecular formula is C15H13ClFNO6S. The lowest BCUT2D eigenvalue weighted by atomic mass is 10.1. The Morgan fingerprint density at radius 3 is 2.72 bits per heavy atom. The zero-order chi connectivity index (χ0) is 18.4. The molecule has 134 valence electrons. The van der Waals surface area contributed by atoms with Crippen LogP contribution in [0.25, 0.3) is 11.3 Å². The standard InChI is InChI=1S/C15H13ClFNO6S/c1-8(19)23-14-12(20)13(9-3-4-10(16)11(17)7-9)24-15(14)18-5-2-6-25(18,21)22/h3-4,7,20H,2,5-6H2,1H3. The van der Waals surface area contributed by atoms with Gasteiger partial charge in [0.25, 0.3) is 5.88 Å². The van der Waals surface area contributed by atoms with Crippen LogP contribution in [0.5, 0.6) is 11.5 Å². The van der Waals surface area contributed by atoms with Gasteiger partial charge < -0.3 is 14.3 Å². The number of sulfonamides is 1. The number of benzene rings is 1. The van der Waals surface area contributed by atoms with Gasteiger partial charge in [0.05, 0.1) is 10.8 Å². The van der Waals surface area contributed by atoms with Crippen LogP contribution in [0.2, 0.25) is 5.02 Å². The van der Waals surface area contributed by atoms with E-state index in [0.29, 0.717) is 6.42 Å². The highest BCUT2D eigenvalue weighted by molar-refractivity contribution is 7.93. The third-order valence-corrected chi connectivity index (χ3v) is 5.71. The topological polar surface area (TPSA) is 97.0 Å². The fraction of sp³-hybridized carbons (Fsp3) is 0.267. The molecule has 2 aromatic rings. The average molecular weight is 390 g/mol. The molecular weight excluding hydrogens is 377 g/mol. The number of furan rings is 1. The van der Waals surface area contributed by atoms with E-state index in [1.165, 1.54) is 12.1 Å². The van der Waals surface area contributed by atoms with Crippen LogP contribution in [-0.2, 0) is 14.8 Å². The summed E-state index contributed by atoms with van der Waals surface area (Å²) in [5.41, 5.74) is 0.107. The zero-order valence-corrected chi connectivity index (χ0v) is 14.5. The van der Waals surface area contributed by atoms with Crippen LogP contribution >= 0.6 is 11.6 Å². The number of carbonyl (C=O) groups is 1. The molecule has 0 atom stereocenters. The Balaban J connectivity index is 2.18. The van der Waals surface area contributed by atoms with Gasteiger partial charge in [-0.05, 0) is 24.6 Å². The molecule has 1 N–H and O–H groups in total. The summed E-state index contributed by atoms with van der Waals surface area (Å²) < 4.78 is 49.2. The molecule has 0 saturated carbocycles. The number of hydrogen-bond donors (Lipinski definition) is 1. The molecule has 0 radical (unpaired) electrons. The van der Waals surface area contributed by atoms with Crippen molar-refractivity contribution >= 4 is 33.5 Å². The van der Waals surface area contributed by atoms with E-state index in [1.807, 2.05) is 0 Å². The highest BCUT2D eigenvalue weighted by Gasteiger charge is 2.37. The largest absolute Gasteiger partial charge is 0.502 e. The van der Waals surface area contributed by atoms with Crippen LogP contribution in [0, 0.1) is 5.82 Å². The van der Waals surface area contributed by atoms with Crippen molar-refractivity contribution in [1.29, 1.82) is 0 Å². The highest BCUT2D eigenvalue weighted by Crippen LogP contribution is 2.49. The Labute approximate surface area is 147 Å². The van der Waals surface area contributed by atoms with Crippen LogP contribution in [0.3, 0.4) is 0 Å². The first-order valence-corrected chi connectivity index (χ1v) is 9.19. The molecule has 1 aromatic heterocycles. The monoisotopic (exact) mass is 389 g/mol. The van der Waals surface area contributed by atoms with Crippen LogP contribution < -0.4 is 9.04 Å². The Morgan fingerprint density at radius 1 is 1.44 bits per heavy atom. The molecule has 0 spiro atoms. The summed E-state index contributed by atoms with van der Waals surface area (Å²) in [5, 5.41) is 10.2. The minimum atomic E-state index is -3.66. The Bertz CT molecular complexity index is 955. The number of aromatic hydroxyl groups is 1. The van der Waals surface area contributed by atoms with Crippen LogP contribution in [-0.4, -0.2) is 31.8 Å². The van der Waals surface area contributed by atoms with Gasteiger partial charge >= 0.3 is 5.97 Å². The van der Waals surface area contributed by atoms with Gasteiger partial charge in [-0.25, -0.2) is 17.1 Å². The molecule has 0 aliphatic carbocycles. The van der Waals surface area contributed by atoms with Gasteiger partial charge in [-0.1, -0.05) is 11.6 Å². The smallest absolute Gasteiger partial charge is 0.308 e. The molecule has 0 unspecified atom stereocenters. The second kappa shape index (κ2) is 6.23. The maximum atomic E-state index is 13.7. The van der Waals surface area contributed by atoms with Crippen molar-refractivity contribution in [3.63, 3.8) is 0 Å². The second-order valence-electron chi connectivity index (χ2n) is 5.38. The van der Waals surface area contributed by atoms with E-state index in [-0.39, 0.29) is 34.5 Å². The van der Waals surface area contributed by atoms with Gasteiger partial charge in [-0.3, -0.25) is 4.79 Å². The quantitative estimate of drug-likeness (QED) is 0.811. The number of halogens is 2. The molecule has 1 saturated heterocycles. The SMILES string of the molecule is CC(=O)Oc1c(N2CCCS2(=O)=O)oc(-c2ccc(Cl)c(F)c2)c1O. The third-order valence-electron chi connectivity index (χ3n) is 3.58. The first kappa shape index (κ1) is 17.6. The molecule has 10 heteroatoms. The van der Waals surface area contributed by atoms with Crippen molar-refractivity contribution in [2.75, 3.05) is 16.6 Å². The Morgan fingerprint density at radius 2 is 2.16 bits per heavy atom. The number of esters is 1. The molecule has 3 rings (SSSR count). The van der Waals surface area contributed by atoms with Gasteiger partial charge in [0.1, 0.15) is 5.82 Å². The van der Waals surface area contributed by atoms with Gasteiger partial charge in [-0.15, -0.1) is 0 Å². The van der Waals surface area contributed by atoms with E-state index >= 15 is 0 Å². The molecule has 2 heterocycles. The molecule has 1 fully saturated rings. The lowest BCUT2D eigenvalue weighted by molar-refractivity contribution is -0.132. The van der Waals surface area contributed by atoms with E-state index in [4.69, 9.17) is 20.8 Å². The van der Waals surface area contributed by atoms with Crippen molar-refractivity contribution in [3.05, 3.63) is 29.0 Å². The van der Waals surface area contributed by atoms with Crippen LogP contribution in [0.1, 0.15) is 13.3 Å². The van der Waals surface area contributed by atoms with Gasteiger partial charge in [0, 0.05) is 19.0 Å². The van der Waals surface area contributed by atoms with Crippen molar-refractivity contribution in [2.24, 2.45) is 0 Å². The van der Waals surface area contributed by atoms with Crippen LogP contribution in [0.15, 0.2) is 22.6 Å². The number of hydrogen-bond acceptors (Lipinski definition) is 6. The summed E-state index contributed by atoms with van der Waals surface area (Å²) in [5.74, 6) is -3.21. The van der Waals surface area contributed by atoms with Gasteiger partial charge in [-0.2, -0.15) is 0 Å². The summed E-state index contributed by atoms with van der Waals surface area (Å²) in [6.07, 6.45) is 0.355. The molecule has 7 nitrogen and oxygen atoms in total. The predicted molar refractivity (Wildman–Crippen MR) is 87.8 cm³/mol. The maximum Gasteiger partial charge on any atom is 0.308 e. The second-order valence-corrected chi connectivity index (χ2v) is 7.80. The van der Waals surface area contributed by atoms with Crippen molar-refractivity contribution < 1.29 is 31.9 Å².